The van der Waals surface area contributed by atoms with Gasteiger partial charge in [0.1, 0.15) is 0 Å². The Morgan fingerprint density at radius 2 is 2.29 bits per heavy atom. The summed E-state index contributed by atoms with van der Waals surface area (Å²) in [6, 6.07) is 3.97. The Morgan fingerprint density at radius 3 is 3.00 bits per heavy atom. The number of hydrogen-bond donors (Lipinski definition) is 1. The van der Waals surface area contributed by atoms with Gasteiger partial charge in [-0.15, -0.1) is 0 Å². The third kappa shape index (κ3) is 3.63. The molecule has 1 aromatic heterocycles. The van der Waals surface area contributed by atoms with Gasteiger partial charge in [-0.25, -0.2) is 0 Å². The fourth-order valence-electron chi connectivity index (χ4n) is 2.17. The molecule has 0 aliphatic carbocycles. The lowest BCUT2D eigenvalue weighted by molar-refractivity contribution is 0.169. The molecule has 1 fully saturated rings. The summed E-state index contributed by atoms with van der Waals surface area (Å²) in [6.45, 7) is 2.22. The SMILES string of the molecule is CCC1SCCSC1C(O)Cc1cccnc1. The summed E-state index contributed by atoms with van der Waals surface area (Å²) in [5.74, 6) is 2.38. The van der Waals surface area contributed by atoms with Crippen LogP contribution < -0.4 is 0 Å². The van der Waals surface area contributed by atoms with Crippen LogP contribution in [0.15, 0.2) is 24.5 Å². The van der Waals surface area contributed by atoms with Crippen LogP contribution in [0.25, 0.3) is 0 Å². The maximum atomic E-state index is 10.4. The molecule has 1 N–H and O–H groups in total. The van der Waals surface area contributed by atoms with Gasteiger partial charge in [0, 0.05) is 40.8 Å². The van der Waals surface area contributed by atoms with Crippen LogP contribution in [-0.4, -0.2) is 38.2 Å². The highest BCUT2D eigenvalue weighted by Crippen LogP contribution is 2.35. The zero-order valence-corrected chi connectivity index (χ0v) is 11.7. The van der Waals surface area contributed by atoms with Crippen molar-refractivity contribution in [3.63, 3.8) is 0 Å². The number of rotatable bonds is 4. The summed E-state index contributed by atoms with van der Waals surface area (Å²) in [7, 11) is 0. The summed E-state index contributed by atoms with van der Waals surface area (Å²) < 4.78 is 0. The van der Waals surface area contributed by atoms with E-state index in [4.69, 9.17) is 0 Å². The van der Waals surface area contributed by atoms with E-state index in [-0.39, 0.29) is 6.10 Å². The van der Waals surface area contributed by atoms with Crippen molar-refractivity contribution in [1.29, 1.82) is 0 Å². The summed E-state index contributed by atoms with van der Waals surface area (Å²) in [6.07, 6.45) is 5.25. The van der Waals surface area contributed by atoms with E-state index in [2.05, 4.69) is 11.9 Å². The van der Waals surface area contributed by atoms with E-state index in [1.807, 2.05) is 41.9 Å². The minimum atomic E-state index is -0.248. The van der Waals surface area contributed by atoms with E-state index in [1.165, 1.54) is 5.75 Å². The highest BCUT2D eigenvalue weighted by molar-refractivity contribution is 8.07. The van der Waals surface area contributed by atoms with Gasteiger partial charge >= 0.3 is 0 Å². The zero-order valence-electron chi connectivity index (χ0n) is 10.1. The first-order valence-electron chi connectivity index (χ1n) is 6.11. The molecular formula is C13H19NOS2. The predicted molar refractivity (Wildman–Crippen MR) is 76.7 cm³/mol. The summed E-state index contributed by atoms with van der Waals surface area (Å²) in [5.41, 5.74) is 1.13. The van der Waals surface area contributed by atoms with Crippen molar-refractivity contribution in [3.8, 4) is 0 Å². The lowest BCUT2D eigenvalue weighted by Gasteiger charge is -2.33. The monoisotopic (exact) mass is 269 g/mol. The normalized spacial score (nSPS) is 26.7. The van der Waals surface area contributed by atoms with Gasteiger partial charge in [0.25, 0.3) is 0 Å². The molecule has 1 aliphatic rings. The molecule has 0 aromatic carbocycles. The molecule has 17 heavy (non-hydrogen) atoms. The molecule has 3 atom stereocenters. The Morgan fingerprint density at radius 1 is 1.47 bits per heavy atom. The summed E-state index contributed by atoms with van der Waals surface area (Å²) >= 11 is 3.95. The third-order valence-electron chi connectivity index (χ3n) is 3.04. The highest BCUT2D eigenvalue weighted by Gasteiger charge is 2.30. The Bertz CT molecular complexity index is 333. The largest absolute Gasteiger partial charge is 0.392 e. The molecule has 3 unspecified atom stereocenters. The molecule has 0 bridgehead atoms. The second-order valence-electron chi connectivity index (χ2n) is 4.29. The lowest BCUT2D eigenvalue weighted by Crippen LogP contribution is -2.37. The van der Waals surface area contributed by atoms with Gasteiger partial charge in [-0.3, -0.25) is 4.98 Å². The first-order chi connectivity index (χ1) is 8.31. The van der Waals surface area contributed by atoms with Crippen LogP contribution in [0.1, 0.15) is 18.9 Å². The van der Waals surface area contributed by atoms with E-state index in [0.29, 0.717) is 10.5 Å². The Labute approximate surface area is 112 Å². The van der Waals surface area contributed by atoms with Gasteiger partial charge in [-0.2, -0.15) is 23.5 Å². The molecule has 2 nitrogen and oxygen atoms in total. The van der Waals surface area contributed by atoms with E-state index in [9.17, 15) is 5.11 Å². The second-order valence-corrected chi connectivity index (χ2v) is 6.92. The fraction of sp³-hybridized carbons (Fsp3) is 0.615. The molecule has 0 radical (unpaired) electrons. The molecule has 2 rings (SSSR count). The number of pyridine rings is 1. The predicted octanol–water partition coefficient (Wildman–Crippen LogP) is 2.61. The molecule has 0 saturated carbocycles. The number of aliphatic hydroxyl groups is 1. The molecular weight excluding hydrogens is 250 g/mol. The second kappa shape index (κ2) is 6.66. The van der Waals surface area contributed by atoms with Crippen LogP contribution in [0.5, 0.6) is 0 Å². The van der Waals surface area contributed by atoms with Crippen LogP contribution in [0.3, 0.4) is 0 Å². The molecule has 1 aromatic rings. The molecule has 4 heteroatoms. The Hall–Kier alpha value is -0.190. The van der Waals surface area contributed by atoms with Crippen molar-refractivity contribution >= 4 is 23.5 Å². The van der Waals surface area contributed by atoms with Crippen LogP contribution >= 0.6 is 23.5 Å². The molecule has 0 amide bonds. The smallest absolute Gasteiger partial charge is 0.0710 e. The number of aromatic nitrogens is 1. The third-order valence-corrected chi connectivity index (χ3v) is 6.43. The van der Waals surface area contributed by atoms with Gasteiger partial charge in [0.2, 0.25) is 0 Å². The van der Waals surface area contributed by atoms with Gasteiger partial charge in [0.15, 0.2) is 0 Å². The number of hydrogen-bond acceptors (Lipinski definition) is 4. The molecule has 1 saturated heterocycles. The van der Waals surface area contributed by atoms with E-state index < -0.39 is 0 Å². The van der Waals surface area contributed by atoms with Gasteiger partial charge in [-0.1, -0.05) is 13.0 Å². The minimum Gasteiger partial charge on any atom is -0.392 e. The van der Waals surface area contributed by atoms with Gasteiger partial charge in [0.05, 0.1) is 6.10 Å². The van der Waals surface area contributed by atoms with Crippen LogP contribution in [0.2, 0.25) is 0 Å². The van der Waals surface area contributed by atoms with Gasteiger partial charge in [-0.05, 0) is 18.1 Å². The van der Waals surface area contributed by atoms with Crippen LogP contribution in [0.4, 0.5) is 0 Å². The van der Waals surface area contributed by atoms with Crippen LogP contribution in [0, 0.1) is 0 Å². The highest BCUT2D eigenvalue weighted by atomic mass is 32.2. The number of aliphatic hydroxyl groups excluding tert-OH is 1. The van der Waals surface area contributed by atoms with Gasteiger partial charge < -0.3 is 5.11 Å². The van der Waals surface area contributed by atoms with E-state index in [1.54, 1.807) is 6.20 Å². The van der Waals surface area contributed by atoms with Crippen molar-refractivity contribution in [2.75, 3.05) is 11.5 Å². The lowest BCUT2D eigenvalue weighted by atomic mass is 10.0. The first-order valence-corrected chi connectivity index (χ1v) is 8.21. The maximum Gasteiger partial charge on any atom is 0.0710 e. The van der Waals surface area contributed by atoms with Crippen molar-refractivity contribution < 1.29 is 5.11 Å². The molecule has 0 spiro atoms. The zero-order chi connectivity index (χ0) is 12.1. The van der Waals surface area contributed by atoms with Crippen molar-refractivity contribution in [2.45, 2.75) is 36.4 Å². The van der Waals surface area contributed by atoms with E-state index >= 15 is 0 Å². The average Bonchev–Trinajstić information content (AvgIpc) is 2.40. The quantitative estimate of drug-likeness (QED) is 0.911. The van der Waals surface area contributed by atoms with Crippen molar-refractivity contribution in [3.05, 3.63) is 30.1 Å². The summed E-state index contributed by atoms with van der Waals surface area (Å²) in [5, 5.41) is 11.3. The van der Waals surface area contributed by atoms with Crippen molar-refractivity contribution in [1.82, 2.24) is 4.98 Å². The standard InChI is InChI=1S/C13H19NOS2/c1-2-12-13(17-7-6-16-12)11(15)8-10-4-3-5-14-9-10/h3-5,9,11-13,15H,2,6-8H2,1H3. The number of nitrogens with zero attached hydrogens (tertiary/aromatic N) is 1. The minimum absolute atomic E-state index is 0.248. The molecule has 2 heterocycles. The maximum absolute atomic E-state index is 10.4. The molecule has 94 valence electrons. The summed E-state index contributed by atoms with van der Waals surface area (Å²) in [4.78, 5) is 4.10. The first kappa shape index (κ1) is 13.2. The van der Waals surface area contributed by atoms with Crippen LogP contribution in [-0.2, 0) is 6.42 Å². The Balaban J connectivity index is 1.96. The molecule has 1 aliphatic heterocycles. The topological polar surface area (TPSA) is 33.1 Å². The fourth-order valence-corrected chi connectivity index (χ4v) is 5.32. The number of thioether (sulfide) groups is 2. The average molecular weight is 269 g/mol. The van der Waals surface area contributed by atoms with Crippen molar-refractivity contribution in [2.24, 2.45) is 0 Å². The van der Waals surface area contributed by atoms with E-state index in [0.717, 1.165) is 24.2 Å². The Kier molecular flexibility index (Phi) is 5.19.